The molecule has 0 aliphatic carbocycles. The minimum atomic E-state index is -0.155. The van der Waals surface area contributed by atoms with Crippen LogP contribution < -0.4 is 14.5 Å². The van der Waals surface area contributed by atoms with Crippen LogP contribution in [0.4, 0.5) is 11.5 Å². The van der Waals surface area contributed by atoms with Crippen LogP contribution in [0.25, 0.3) is 0 Å². The minimum absolute atomic E-state index is 0.0741. The zero-order valence-electron chi connectivity index (χ0n) is 18.0. The summed E-state index contributed by atoms with van der Waals surface area (Å²) in [5.41, 5.74) is 3.55. The van der Waals surface area contributed by atoms with E-state index in [0.29, 0.717) is 44.2 Å². The Morgan fingerprint density at radius 3 is 2.61 bits per heavy atom. The average molecular weight is 422 g/mol. The lowest BCUT2D eigenvalue weighted by atomic mass is 9.98. The third kappa shape index (κ3) is 4.10. The highest BCUT2D eigenvalue weighted by Crippen LogP contribution is 2.32. The average Bonchev–Trinajstić information content (AvgIpc) is 2.82. The molecule has 0 spiro atoms. The highest BCUT2D eigenvalue weighted by atomic mass is 16.5. The summed E-state index contributed by atoms with van der Waals surface area (Å²) >= 11 is 0. The van der Waals surface area contributed by atoms with Crippen molar-refractivity contribution in [3.8, 4) is 6.01 Å². The van der Waals surface area contributed by atoms with Gasteiger partial charge in [0.2, 0.25) is 5.91 Å². The van der Waals surface area contributed by atoms with Gasteiger partial charge in [-0.15, -0.1) is 0 Å². The Hall–Kier alpha value is -3.42. The summed E-state index contributed by atoms with van der Waals surface area (Å²) < 4.78 is 5.30. The highest BCUT2D eigenvalue weighted by Gasteiger charge is 2.28. The molecule has 2 aliphatic rings. The SMILES string of the molecule is C=CC(=O)N1CCN(c2cc(C(=O)N3CCCc4cccc(C)c43)nc(OC)n2)CC1. The van der Waals surface area contributed by atoms with Gasteiger partial charge in [0.25, 0.3) is 5.91 Å². The Morgan fingerprint density at radius 1 is 1.13 bits per heavy atom. The summed E-state index contributed by atoms with van der Waals surface area (Å²) in [6, 6.07) is 8.03. The van der Waals surface area contributed by atoms with Crippen LogP contribution in [-0.2, 0) is 11.2 Å². The fraction of sp³-hybridized carbons (Fsp3) is 0.391. The number of para-hydroxylation sites is 1. The third-order valence-electron chi connectivity index (χ3n) is 5.85. The number of carbonyl (C=O) groups excluding carboxylic acids is 2. The molecule has 2 aliphatic heterocycles. The lowest BCUT2D eigenvalue weighted by Crippen LogP contribution is -2.48. The number of hydrogen-bond acceptors (Lipinski definition) is 6. The van der Waals surface area contributed by atoms with E-state index in [4.69, 9.17) is 4.74 Å². The van der Waals surface area contributed by atoms with Crippen LogP contribution >= 0.6 is 0 Å². The summed E-state index contributed by atoms with van der Waals surface area (Å²) in [5, 5.41) is 0. The minimum Gasteiger partial charge on any atom is -0.467 e. The van der Waals surface area contributed by atoms with Crippen LogP contribution in [0.3, 0.4) is 0 Å². The molecule has 1 aromatic carbocycles. The van der Waals surface area contributed by atoms with E-state index in [2.05, 4.69) is 22.6 Å². The fourth-order valence-corrected chi connectivity index (χ4v) is 4.25. The van der Waals surface area contributed by atoms with Crippen molar-refractivity contribution in [1.82, 2.24) is 14.9 Å². The molecule has 0 bridgehead atoms. The van der Waals surface area contributed by atoms with Crippen molar-refractivity contribution in [1.29, 1.82) is 0 Å². The monoisotopic (exact) mass is 421 g/mol. The van der Waals surface area contributed by atoms with Gasteiger partial charge in [-0.1, -0.05) is 24.8 Å². The first-order chi connectivity index (χ1) is 15.0. The molecule has 1 aromatic heterocycles. The van der Waals surface area contributed by atoms with Crippen LogP contribution in [0.2, 0.25) is 0 Å². The molecule has 1 saturated heterocycles. The smallest absolute Gasteiger partial charge is 0.318 e. The van der Waals surface area contributed by atoms with Gasteiger partial charge >= 0.3 is 6.01 Å². The Kier molecular flexibility index (Phi) is 5.88. The predicted molar refractivity (Wildman–Crippen MR) is 119 cm³/mol. The van der Waals surface area contributed by atoms with Crippen molar-refractivity contribution in [2.75, 3.05) is 49.6 Å². The first kappa shape index (κ1) is 20.8. The molecular formula is C23H27N5O3. The van der Waals surface area contributed by atoms with Gasteiger partial charge in [-0.3, -0.25) is 9.59 Å². The Bertz CT molecular complexity index is 1010. The quantitative estimate of drug-likeness (QED) is 0.705. The summed E-state index contributed by atoms with van der Waals surface area (Å²) in [5.74, 6) is 0.399. The topological polar surface area (TPSA) is 78.9 Å². The van der Waals surface area contributed by atoms with Gasteiger partial charge in [-0.2, -0.15) is 9.97 Å². The van der Waals surface area contributed by atoms with Crippen molar-refractivity contribution in [3.05, 3.63) is 53.7 Å². The molecule has 4 rings (SSSR count). The molecule has 0 radical (unpaired) electrons. The lowest BCUT2D eigenvalue weighted by molar-refractivity contribution is -0.126. The number of anilines is 2. The molecule has 31 heavy (non-hydrogen) atoms. The summed E-state index contributed by atoms with van der Waals surface area (Å²) in [7, 11) is 1.49. The first-order valence-corrected chi connectivity index (χ1v) is 10.5. The van der Waals surface area contributed by atoms with Crippen LogP contribution in [0, 0.1) is 6.92 Å². The number of amides is 2. The maximum atomic E-state index is 13.5. The molecule has 1 fully saturated rings. The number of fused-ring (bicyclic) bond motifs is 1. The number of nitrogens with zero attached hydrogens (tertiary/aromatic N) is 5. The van der Waals surface area contributed by atoms with E-state index in [9.17, 15) is 9.59 Å². The number of rotatable bonds is 4. The Labute approximate surface area is 182 Å². The number of ether oxygens (including phenoxy) is 1. The second kappa shape index (κ2) is 8.75. The molecule has 0 unspecified atom stereocenters. The predicted octanol–water partition coefficient (Wildman–Crippen LogP) is 2.22. The van der Waals surface area contributed by atoms with Crippen molar-refractivity contribution in [3.63, 3.8) is 0 Å². The molecule has 2 amide bonds. The number of carbonyl (C=O) groups is 2. The van der Waals surface area contributed by atoms with Gasteiger partial charge in [0, 0.05) is 38.8 Å². The zero-order valence-corrected chi connectivity index (χ0v) is 18.0. The van der Waals surface area contributed by atoms with E-state index in [1.165, 1.54) is 18.7 Å². The number of methoxy groups -OCH3 is 1. The number of aryl methyl sites for hydroxylation is 2. The van der Waals surface area contributed by atoms with E-state index in [0.717, 1.165) is 24.1 Å². The molecule has 8 heteroatoms. The molecule has 8 nitrogen and oxygen atoms in total. The maximum absolute atomic E-state index is 13.5. The van der Waals surface area contributed by atoms with Gasteiger partial charge in [-0.05, 0) is 37.0 Å². The van der Waals surface area contributed by atoms with Gasteiger partial charge in [-0.25, -0.2) is 0 Å². The summed E-state index contributed by atoms with van der Waals surface area (Å²) in [4.78, 5) is 39.8. The molecule has 0 N–H and O–H groups in total. The number of aromatic nitrogens is 2. The summed E-state index contributed by atoms with van der Waals surface area (Å²) in [6.07, 6.45) is 3.21. The van der Waals surface area contributed by atoms with Crippen molar-refractivity contribution in [2.45, 2.75) is 19.8 Å². The number of benzene rings is 1. The molecule has 0 atom stereocenters. The second-order valence-electron chi connectivity index (χ2n) is 7.76. The van der Waals surface area contributed by atoms with Gasteiger partial charge in [0.15, 0.2) is 0 Å². The molecule has 3 heterocycles. The number of piperazine rings is 1. The Morgan fingerprint density at radius 2 is 1.90 bits per heavy atom. The summed E-state index contributed by atoms with van der Waals surface area (Å²) in [6.45, 7) is 8.59. The van der Waals surface area contributed by atoms with E-state index >= 15 is 0 Å². The third-order valence-corrected chi connectivity index (χ3v) is 5.85. The van der Waals surface area contributed by atoms with Crippen LogP contribution in [0.1, 0.15) is 28.0 Å². The maximum Gasteiger partial charge on any atom is 0.318 e. The van der Waals surface area contributed by atoms with Gasteiger partial charge in [0.1, 0.15) is 11.5 Å². The fourth-order valence-electron chi connectivity index (χ4n) is 4.25. The van der Waals surface area contributed by atoms with E-state index < -0.39 is 0 Å². The van der Waals surface area contributed by atoms with Crippen molar-refractivity contribution < 1.29 is 14.3 Å². The van der Waals surface area contributed by atoms with Crippen LogP contribution in [0.15, 0.2) is 36.9 Å². The zero-order chi connectivity index (χ0) is 22.0. The number of hydrogen-bond donors (Lipinski definition) is 0. The van der Waals surface area contributed by atoms with Crippen LogP contribution in [0.5, 0.6) is 6.01 Å². The first-order valence-electron chi connectivity index (χ1n) is 10.5. The Balaban J connectivity index is 1.61. The normalized spacial score (nSPS) is 16.0. The largest absolute Gasteiger partial charge is 0.467 e. The van der Waals surface area contributed by atoms with Gasteiger partial charge < -0.3 is 19.4 Å². The van der Waals surface area contributed by atoms with Crippen LogP contribution in [-0.4, -0.2) is 66.5 Å². The van der Waals surface area contributed by atoms with E-state index in [1.54, 1.807) is 11.0 Å². The standard InChI is InChI=1S/C23H27N5O3/c1-4-20(29)27-13-11-26(12-14-27)19-15-18(24-23(25-19)31-3)22(30)28-10-6-9-17-8-5-7-16(2)21(17)28/h4-5,7-8,15H,1,6,9-14H2,2-3H3. The van der Waals surface area contributed by atoms with E-state index in [-0.39, 0.29) is 17.8 Å². The van der Waals surface area contributed by atoms with Crippen molar-refractivity contribution in [2.24, 2.45) is 0 Å². The molecular weight excluding hydrogens is 394 g/mol. The van der Waals surface area contributed by atoms with E-state index in [1.807, 2.05) is 28.9 Å². The lowest BCUT2D eigenvalue weighted by Gasteiger charge is -2.35. The molecule has 162 valence electrons. The van der Waals surface area contributed by atoms with Crippen molar-refractivity contribution >= 4 is 23.3 Å². The highest BCUT2D eigenvalue weighted by molar-refractivity contribution is 6.06. The molecule has 2 aromatic rings. The van der Waals surface area contributed by atoms with Gasteiger partial charge in [0.05, 0.1) is 12.8 Å². The molecule has 0 saturated carbocycles. The second-order valence-corrected chi connectivity index (χ2v) is 7.76.